The molecule has 1 unspecified atom stereocenters. The Morgan fingerprint density at radius 1 is 1.15 bits per heavy atom. The Bertz CT molecular complexity index is 542. The smallest absolute Gasteiger partial charge is 0.0897 e. The van der Waals surface area contributed by atoms with Gasteiger partial charge in [-0.1, -0.05) is 6.92 Å². The van der Waals surface area contributed by atoms with Crippen LogP contribution in [-0.4, -0.2) is 16.5 Å². The van der Waals surface area contributed by atoms with Gasteiger partial charge < -0.3 is 5.32 Å². The molecular formula is C16H23N3S. The van der Waals surface area contributed by atoms with Crippen molar-refractivity contribution in [3.63, 3.8) is 0 Å². The zero-order chi connectivity index (χ0) is 14.5. The Morgan fingerprint density at radius 2 is 1.85 bits per heavy atom. The zero-order valence-corrected chi connectivity index (χ0v) is 13.5. The third-order valence-corrected chi connectivity index (χ3v) is 4.05. The van der Waals surface area contributed by atoms with Gasteiger partial charge in [-0.25, -0.2) is 4.98 Å². The monoisotopic (exact) mass is 289 g/mol. The van der Waals surface area contributed by atoms with Crippen LogP contribution in [0.2, 0.25) is 0 Å². The molecule has 2 aromatic heterocycles. The number of aromatic nitrogens is 2. The zero-order valence-electron chi connectivity index (χ0n) is 12.7. The van der Waals surface area contributed by atoms with E-state index in [0.717, 1.165) is 35.8 Å². The molecule has 0 saturated carbocycles. The summed E-state index contributed by atoms with van der Waals surface area (Å²) in [6, 6.07) is 4.68. The molecule has 2 heterocycles. The van der Waals surface area contributed by atoms with Gasteiger partial charge in [-0.2, -0.15) is 0 Å². The molecule has 0 aliphatic heterocycles. The van der Waals surface area contributed by atoms with Crippen molar-refractivity contribution in [2.24, 2.45) is 0 Å². The first-order chi connectivity index (χ1) is 9.58. The topological polar surface area (TPSA) is 37.8 Å². The minimum Gasteiger partial charge on any atom is -0.310 e. The first kappa shape index (κ1) is 15.1. The van der Waals surface area contributed by atoms with Crippen LogP contribution in [0.5, 0.6) is 0 Å². The van der Waals surface area contributed by atoms with E-state index in [9.17, 15) is 0 Å². The van der Waals surface area contributed by atoms with E-state index in [1.807, 2.05) is 0 Å². The number of pyridine rings is 1. The van der Waals surface area contributed by atoms with Crippen molar-refractivity contribution in [2.45, 2.75) is 46.6 Å². The summed E-state index contributed by atoms with van der Waals surface area (Å²) in [5.41, 5.74) is 4.65. The summed E-state index contributed by atoms with van der Waals surface area (Å²) in [6.07, 6.45) is 2.07. The van der Waals surface area contributed by atoms with Gasteiger partial charge in [0.25, 0.3) is 0 Å². The van der Waals surface area contributed by atoms with Crippen LogP contribution in [0.4, 0.5) is 0 Å². The lowest BCUT2D eigenvalue weighted by Gasteiger charge is -2.19. The maximum absolute atomic E-state index is 4.59. The van der Waals surface area contributed by atoms with Crippen molar-refractivity contribution >= 4 is 11.3 Å². The molecule has 0 aromatic carbocycles. The average Bonchev–Trinajstić information content (AvgIpc) is 2.79. The van der Waals surface area contributed by atoms with Gasteiger partial charge in [-0.3, -0.25) is 4.98 Å². The standard InChI is InChI=1S/C16H23N3S/c1-5-6-17-16(9-15-10-20-13(4)19-15)14-7-11(2)18-12(3)8-14/h7-8,10,16-17H,5-6,9H2,1-4H3. The normalized spacial score (nSPS) is 12.6. The fraction of sp³-hybridized carbons (Fsp3) is 0.500. The fourth-order valence-electron chi connectivity index (χ4n) is 2.41. The van der Waals surface area contributed by atoms with Crippen LogP contribution >= 0.6 is 11.3 Å². The summed E-state index contributed by atoms with van der Waals surface area (Å²) >= 11 is 1.72. The first-order valence-corrected chi connectivity index (χ1v) is 8.06. The van der Waals surface area contributed by atoms with Gasteiger partial charge in [-0.05, 0) is 51.4 Å². The number of hydrogen-bond donors (Lipinski definition) is 1. The SMILES string of the molecule is CCCNC(Cc1csc(C)n1)c1cc(C)nc(C)c1. The van der Waals surface area contributed by atoms with Gasteiger partial charge in [-0.15, -0.1) is 11.3 Å². The Kier molecular flexibility index (Phi) is 5.26. The molecule has 1 N–H and O–H groups in total. The van der Waals surface area contributed by atoms with Gasteiger partial charge in [0.1, 0.15) is 0 Å². The van der Waals surface area contributed by atoms with Gasteiger partial charge >= 0.3 is 0 Å². The summed E-state index contributed by atoms with van der Waals surface area (Å²) in [4.78, 5) is 9.06. The van der Waals surface area contributed by atoms with E-state index >= 15 is 0 Å². The van der Waals surface area contributed by atoms with Crippen molar-refractivity contribution < 1.29 is 0 Å². The fourth-order valence-corrected chi connectivity index (χ4v) is 3.03. The highest BCUT2D eigenvalue weighted by Gasteiger charge is 2.14. The van der Waals surface area contributed by atoms with Crippen molar-refractivity contribution in [3.05, 3.63) is 45.2 Å². The molecule has 0 spiro atoms. The van der Waals surface area contributed by atoms with E-state index in [4.69, 9.17) is 0 Å². The molecule has 0 radical (unpaired) electrons. The van der Waals surface area contributed by atoms with E-state index in [-0.39, 0.29) is 0 Å². The quantitative estimate of drug-likeness (QED) is 0.880. The van der Waals surface area contributed by atoms with Crippen molar-refractivity contribution in [1.29, 1.82) is 0 Å². The lowest BCUT2D eigenvalue weighted by molar-refractivity contribution is 0.524. The second kappa shape index (κ2) is 6.95. The van der Waals surface area contributed by atoms with Crippen LogP contribution < -0.4 is 5.32 Å². The molecule has 0 aliphatic rings. The Balaban J connectivity index is 2.21. The lowest BCUT2D eigenvalue weighted by atomic mass is 10.0. The molecule has 2 rings (SSSR count). The number of nitrogens with zero attached hydrogens (tertiary/aromatic N) is 2. The Morgan fingerprint density at radius 3 is 2.40 bits per heavy atom. The minimum atomic E-state index is 0.317. The summed E-state index contributed by atoms with van der Waals surface area (Å²) in [6.45, 7) is 9.39. The first-order valence-electron chi connectivity index (χ1n) is 7.18. The molecule has 0 saturated heterocycles. The lowest BCUT2D eigenvalue weighted by Crippen LogP contribution is -2.24. The molecule has 3 nitrogen and oxygen atoms in total. The maximum atomic E-state index is 4.59. The molecule has 2 aromatic rings. The molecule has 108 valence electrons. The summed E-state index contributed by atoms with van der Waals surface area (Å²) in [5.74, 6) is 0. The second-order valence-electron chi connectivity index (χ2n) is 5.25. The van der Waals surface area contributed by atoms with Crippen molar-refractivity contribution in [3.8, 4) is 0 Å². The van der Waals surface area contributed by atoms with Gasteiger partial charge in [0.15, 0.2) is 0 Å². The minimum absolute atomic E-state index is 0.317. The number of hydrogen-bond acceptors (Lipinski definition) is 4. The molecule has 20 heavy (non-hydrogen) atoms. The van der Waals surface area contributed by atoms with Crippen molar-refractivity contribution in [1.82, 2.24) is 15.3 Å². The highest BCUT2D eigenvalue weighted by atomic mass is 32.1. The van der Waals surface area contributed by atoms with Gasteiger partial charge in [0, 0.05) is 29.2 Å². The maximum Gasteiger partial charge on any atom is 0.0897 e. The van der Waals surface area contributed by atoms with Crippen LogP contribution in [0.15, 0.2) is 17.5 Å². The molecule has 1 atom stereocenters. The van der Waals surface area contributed by atoms with Crippen LogP contribution in [-0.2, 0) is 6.42 Å². The third-order valence-electron chi connectivity index (χ3n) is 3.23. The number of aryl methyl sites for hydroxylation is 3. The number of rotatable bonds is 6. The highest BCUT2D eigenvalue weighted by Crippen LogP contribution is 2.21. The molecule has 0 fully saturated rings. The van der Waals surface area contributed by atoms with E-state index in [2.05, 4.69) is 60.5 Å². The molecule has 0 amide bonds. The van der Waals surface area contributed by atoms with E-state index in [1.54, 1.807) is 11.3 Å². The largest absolute Gasteiger partial charge is 0.310 e. The highest BCUT2D eigenvalue weighted by molar-refractivity contribution is 7.09. The van der Waals surface area contributed by atoms with Crippen molar-refractivity contribution in [2.75, 3.05) is 6.54 Å². The average molecular weight is 289 g/mol. The van der Waals surface area contributed by atoms with E-state index in [0.29, 0.717) is 6.04 Å². The number of thiazole rings is 1. The Hall–Kier alpha value is -1.26. The van der Waals surface area contributed by atoms with Crippen LogP contribution in [0.3, 0.4) is 0 Å². The predicted molar refractivity (Wildman–Crippen MR) is 85.3 cm³/mol. The second-order valence-corrected chi connectivity index (χ2v) is 6.31. The molecular weight excluding hydrogens is 266 g/mol. The van der Waals surface area contributed by atoms with E-state index in [1.165, 1.54) is 11.3 Å². The summed E-state index contributed by atoms with van der Waals surface area (Å²) in [7, 11) is 0. The van der Waals surface area contributed by atoms with Gasteiger partial charge in [0.05, 0.1) is 10.7 Å². The van der Waals surface area contributed by atoms with Crippen LogP contribution in [0.25, 0.3) is 0 Å². The Labute approximate surface area is 125 Å². The predicted octanol–water partition coefficient (Wildman–Crippen LogP) is 3.75. The number of nitrogens with one attached hydrogen (secondary N) is 1. The third kappa shape index (κ3) is 4.12. The van der Waals surface area contributed by atoms with Crippen LogP contribution in [0, 0.1) is 20.8 Å². The summed E-state index contributed by atoms with van der Waals surface area (Å²) < 4.78 is 0. The van der Waals surface area contributed by atoms with Crippen LogP contribution in [0.1, 0.15) is 47.0 Å². The van der Waals surface area contributed by atoms with Gasteiger partial charge in [0.2, 0.25) is 0 Å². The molecule has 0 aliphatic carbocycles. The van der Waals surface area contributed by atoms with E-state index < -0.39 is 0 Å². The molecule has 4 heteroatoms. The summed E-state index contributed by atoms with van der Waals surface area (Å²) in [5, 5.41) is 6.93. The molecule has 0 bridgehead atoms.